The van der Waals surface area contributed by atoms with Crippen molar-refractivity contribution in [1.29, 1.82) is 0 Å². The highest BCUT2D eigenvalue weighted by atomic mass is 35.5. The molecule has 1 saturated heterocycles. The molecular weight excluding hydrogens is 483 g/mol. The van der Waals surface area contributed by atoms with E-state index < -0.39 is 0 Å². The predicted molar refractivity (Wildman–Crippen MR) is 144 cm³/mol. The monoisotopic (exact) mass is 516 g/mol. The Morgan fingerprint density at radius 2 is 1.77 bits per heavy atom. The maximum absolute atomic E-state index is 13.2. The maximum atomic E-state index is 13.2. The van der Waals surface area contributed by atoms with E-state index in [9.17, 15) is 4.79 Å². The molecule has 2 heterocycles. The standard InChI is InChI=1S/C27H33ClN4O2.ClH/c1-17(2)34-21-12-10-20(11-13-21)29-26(33)24-16-22(23-14-15-32(31-23)27(3,4)5)25(30-24)18-6-8-19(28)9-7-18;/h6-15,17,22,24-25,30H,16H2,1-5H3,(H,29,33);1H/t22?,24-,25-;/m0./s1. The lowest BCUT2D eigenvalue weighted by atomic mass is 9.90. The van der Waals surface area contributed by atoms with Crippen molar-refractivity contribution in [1.82, 2.24) is 15.1 Å². The molecule has 2 aromatic carbocycles. The molecule has 1 aliphatic heterocycles. The van der Waals surface area contributed by atoms with E-state index in [1.165, 1.54) is 0 Å². The first kappa shape index (κ1) is 27.1. The second kappa shape index (κ2) is 11.0. The summed E-state index contributed by atoms with van der Waals surface area (Å²) in [7, 11) is 0. The van der Waals surface area contributed by atoms with Gasteiger partial charge in [0.15, 0.2) is 0 Å². The molecule has 0 spiro atoms. The van der Waals surface area contributed by atoms with E-state index in [1.54, 1.807) is 0 Å². The average molecular weight is 518 g/mol. The fourth-order valence-corrected chi connectivity index (χ4v) is 4.42. The molecule has 188 valence electrons. The van der Waals surface area contributed by atoms with Gasteiger partial charge in [0, 0.05) is 28.9 Å². The molecule has 0 bridgehead atoms. The van der Waals surface area contributed by atoms with Crippen molar-refractivity contribution in [3.63, 3.8) is 0 Å². The molecule has 1 aliphatic rings. The Balaban J connectivity index is 0.00000342. The number of aromatic nitrogens is 2. The van der Waals surface area contributed by atoms with Crippen molar-refractivity contribution < 1.29 is 9.53 Å². The van der Waals surface area contributed by atoms with Crippen molar-refractivity contribution in [3.05, 3.63) is 77.1 Å². The third-order valence-corrected chi connectivity index (χ3v) is 6.24. The van der Waals surface area contributed by atoms with Crippen LogP contribution in [0.15, 0.2) is 60.8 Å². The zero-order valence-electron chi connectivity index (χ0n) is 20.8. The number of anilines is 1. The van der Waals surface area contributed by atoms with Gasteiger partial charge in [-0.3, -0.25) is 14.8 Å². The Kier molecular flexibility index (Phi) is 8.52. The van der Waals surface area contributed by atoms with Crippen LogP contribution in [0.2, 0.25) is 5.02 Å². The van der Waals surface area contributed by atoms with Crippen LogP contribution in [-0.2, 0) is 10.3 Å². The van der Waals surface area contributed by atoms with Crippen molar-refractivity contribution in [3.8, 4) is 5.75 Å². The highest BCUT2D eigenvalue weighted by Gasteiger charge is 2.40. The first-order chi connectivity index (χ1) is 16.1. The summed E-state index contributed by atoms with van der Waals surface area (Å²) in [6, 6.07) is 16.9. The summed E-state index contributed by atoms with van der Waals surface area (Å²) in [5.41, 5.74) is 2.70. The lowest BCUT2D eigenvalue weighted by Gasteiger charge is -2.21. The largest absolute Gasteiger partial charge is 0.491 e. The summed E-state index contributed by atoms with van der Waals surface area (Å²) in [5, 5.41) is 12.2. The van der Waals surface area contributed by atoms with Gasteiger partial charge in [-0.25, -0.2) is 0 Å². The molecule has 1 fully saturated rings. The fraction of sp³-hybridized carbons (Fsp3) is 0.407. The van der Waals surface area contributed by atoms with Gasteiger partial charge in [-0.1, -0.05) is 23.7 Å². The van der Waals surface area contributed by atoms with Gasteiger partial charge in [-0.15, -0.1) is 12.4 Å². The van der Waals surface area contributed by atoms with Crippen LogP contribution in [0.5, 0.6) is 5.75 Å². The first-order valence-electron chi connectivity index (χ1n) is 11.8. The normalized spacial score (nSPS) is 19.9. The van der Waals surface area contributed by atoms with E-state index in [4.69, 9.17) is 21.4 Å². The van der Waals surface area contributed by atoms with E-state index >= 15 is 0 Å². The molecule has 4 rings (SSSR count). The Morgan fingerprint density at radius 1 is 1.11 bits per heavy atom. The maximum Gasteiger partial charge on any atom is 0.241 e. The van der Waals surface area contributed by atoms with Crippen molar-refractivity contribution in [2.75, 3.05) is 5.32 Å². The van der Waals surface area contributed by atoms with Crippen LogP contribution in [0.3, 0.4) is 0 Å². The van der Waals surface area contributed by atoms with Crippen molar-refractivity contribution >= 4 is 35.6 Å². The first-order valence-corrected chi connectivity index (χ1v) is 12.1. The number of benzene rings is 2. The fourth-order valence-electron chi connectivity index (χ4n) is 4.29. The summed E-state index contributed by atoms with van der Waals surface area (Å²) in [5.74, 6) is 0.779. The number of nitrogens with zero attached hydrogens (tertiary/aromatic N) is 2. The van der Waals surface area contributed by atoms with Gasteiger partial charge < -0.3 is 10.1 Å². The Morgan fingerprint density at radius 3 is 2.34 bits per heavy atom. The number of hydrogen-bond acceptors (Lipinski definition) is 4. The lowest BCUT2D eigenvalue weighted by molar-refractivity contribution is -0.117. The molecule has 3 atom stereocenters. The third kappa shape index (κ3) is 6.57. The van der Waals surface area contributed by atoms with E-state index in [-0.39, 0.29) is 48.0 Å². The zero-order valence-corrected chi connectivity index (χ0v) is 22.4. The number of rotatable bonds is 6. The molecule has 6 nitrogen and oxygen atoms in total. The molecule has 0 radical (unpaired) electrons. The topological polar surface area (TPSA) is 68.2 Å². The van der Waals surface area contributed by atoms with E-state index in [0.29, 0.717) is 11.4 Å². The third-order valence-electron chi connectivity index (χ3n) is 5.99. The smallest absolute Gasteiger partial charge is 0.241 e. The molecule has 1 aromatic heterocycles. The number of carbonyl (C=O) groups excluding carboxylic acids is 1. The number of ether oxygens (including phenoxy) is 1. The molecule has 1 unspecified atom stereocenters. The van der Waals surface area contributed by atoms with Gasteiger partial charge in [0.1, 0.15) is 5.75 Å². The molecule has 2 N–H and O–H groups in total. The Labute approximate surface area is 218 Å². The lowest BCUT2D eigenvalue weighted by Crippen LogP contribution is -2.36. The minimum absolute atomic E-state index is 0. The highest BCUT2D eigenvalue weighted by Crippen LogP contribution is 2.40. The quantitative estimate of drug-likeness (QED) is 0.401. The SMILES string of the molecule is CC(C)Oc1ccc(NC(=O)[C@@H]2CC(c3ccn(C(C)(C)C)n3)[C@H](c3ccc(Cl)cc3)N2)cc1.Cl. The van der Waals surface area contributed by atoms with Crippen molar-refractivity contribution in [2.24, 2.45) is 0 Å². The summed E-state index contributed by atoms with van der Waals surface area (Å²) in [6.07, 6.45) is 2.77. The Hall–Kier alpha value is -2.54. The summed E-state index contributed by atoms with van der Waals surface area (Å²) in [6.45, 7) is 10.3. The summed E-state index contributed by atoms with van der Waals surface area (Å²) < 4.78 is 7.67. The second-order valence-corrected chi connectivity index (χ2v) is 10.6. The number of hydrogen-bond donors (Lipinski definition) is 2. The molecule has 0 aliphatic carbocycles. The molecule has 35 heavy (non-hydrogen) atoms. The van der Waals surface area contributed by atoms with Gasteiger partial charge in [-0.2, -0.15) is 5.10 Å². The molecular formula is C27H34Cl2N4O2. The summed E-state index contributed by atoms with van der Waals surface area (Å²) in [4.78, 5) is 13.2. The van der Waals surface area contributed by atoms with Crippen LogP contribution in [0.4, 0.5) is 5.69 Å². The zero-order chi connectivity index (χ0) is 24.5. The predicted octanol–water partition coefficient (Wildman–Crippen LogP) is 6.33. The van der Waals surface area contributed by atoms with E-state index in [2.05, 4.69) is 37.5 Å². The van der Waals surface area contributed by atoms with Gasteiger partial charge >= 0.3 is 0 Å². The minimum atomic E-state index is -0.350. The van der Waals surface area contributed by atoms with Crippen LogP contribution in [-0.4, -0.2) is 27.8 Å². The van der Waals surface area contributed by atoms with Gasteiger partial charge in [0.2, 0.25) is 5.91 Å². The van der Waals surface area contributed by atoms with E-state index in [0.717, 1.165) is 22.7 Å². The molecule has 1 amide bonds. The van der Waals surface area contributed by atoms with Crippen LogP contribution in [0.1, 0.15) is 64.3 Å². The molecule has 0 saturated carbocycles. The number of carbonyl (C=O) groups is 1. The Bertz CT molecular complexity index is 1120. The van der Waals surface area contributed by atoms with Gasteiger partial charge in [0.05, 0.1) is 23.4 Å². The number of halogens is 2. The van der Waals surface area contributed by atoms with Crippen LogP contribution < -0.4 is 15.4 Å². The molecule has 3 aromatic rings. The molecule has 8 heteroatoms. The average Bonchev–Trinajstić information content (AvgIpc) is 3.43. The van der Waals surface area contributed by atoms with Crippen LogP contribution in [0.25, 0.3) is 0 Å². The van der Waals surface area contributed by atoms with Gasteiger partial charge in [0.25, 0.3) is 0 Å². The van der Waals surface area contributed by atoms with Gasteiger partial charge in [-0.05, 0) is 89.1 Å². The van der Waals surface area contributed by atoms with E-state index in [1.807, 2.05) is 73.3 Å². The number of amides is 1. The summed E-state index contributed by atoms with van der Waals surface area (Å²) >= 11 is 6.12. The van der Waals surface area contributed by atoms with Crippen molar-refractivity contribution in [2.45, 2.75) is 70.7 Å². The number of nitrogens with one attached hydrogen (secondary N) is 2. The van der Waals surface area contributed by atoms with Crippen LogP contribution >= 0.6 is 24.0 Å². The second-order valence-electron chi connectivity index (χ2n) is 10.1. The highest BCUT2D eigenvalue weighted by molar-refractivity contribution is 6.30. The minimum Gasteiger partial charge on any atom is -0.491 e. The van der Waals surface area contributed by atoms with Crippen LogP contribution in [0, 0.1) is 0 Å².